The summed E-state index contributed by atoms with van der Waals surface area (Å²) in [5.74, 6) is 1.28. The summed E-state index contributed by atoms with van der Waals surface area (Å²) in [4.78, 5) is 0. The molecule has 0 spiro atoms. The molecular weight excluding hydrogens is 242 g/mol. The molecule has 0 saturated carbocycles. The van der Waals surface area contributed by atoms with E-state index in [-0.39, 0.29) is 6.04 Å². The molecule has 1 aromatic carbocycles. The number of aryl methyl sites for hydroxylation is 1. The fourth-order valence-corrected chi connectivity index (χ4v) is 2.47. The van der Waals surface area contributed by atoms with Gasteiger partial charge in [-0.05, 0) is 50.5 Å². The van der Waals surface area contributed by atoms with Crippen molar-refractivity contribution in [2.45, 2.75) is 65.8 Å². The summed E-state index contributed by atoms with van der Waals surface area (Å²) in [5, 5.41) is 0. The minimum Gasteiger partial charge on any atom is -0.324 e. The molecule has 2 unspecified atom stereocenters. The van der Waals surface area contributed by atoms with Crippen LogP contribution >= 0.6 is 0 Å². The van der Waals surface area contributed by atoms with Gasteiger partial charge in [0.2, 0.25) is 0 Å². The maximum atomic E-state index is 6.27. The molecule has 112 valence electrons. The Morgan fingerprint density at radius 3 is 2.30 bits per heavy atom. The molecule has 0 bridgehead atoms. The summed E-state index contributed by atoms with van der Waals surface area (Å²) in [6.07, 6.45) is 5.70. The van der Waals surface area contributed by atoms with Crippen LogP contribution in [0, 0.1) is 12.8 Å². The lowest BCUT2D eigenvalue weighted by molar-refractivity contribution is 0.577. The second-order valence-electron chi connectivity index (χ2n) is 6.66. The van der Waals surface area contributed by atoms with Crippen LogP contribution < -0.4 is 5.73 Å². The zero-order valence-corrected chi connectivity index (χ0v) is 13.8. The minimum absolute atomic E-state index is 0.165. The van der Waals surface area contributed by atoms with Crippen molar-refractivity contribution < 1.29 is 0 Å². The summed E-state index contributed by atoms with van der Waals surface area (Å²) in [5.41, 5.74) is 10.4. The molecule has 0 saturated heterocycles. The van der Waals surface area contributed by atoms with E-state index in [1.807, 2.05) is 0 Å². The van der Waals surface area contributed by atoms with Crippen LogP contribution in [0.4, 0.5) is 0 Å². The van der Waals surface area contributed by atoms with E-state index in [1.165, 1.54) is 29.5 Å². The second kappa shape index (κ2) is 8.26. The van der Waals surface area contributed by atoms with E-state index in [0.717, 1.165) is 12.3 Å². The highest BCUT2D eigenvalue weighted by molar-refractivity contribution is 5.24. The second-order valence-corrected chi connectivity index (χ2v) is 6.66. The van der Waals surface area contributed by atoms with Crippen molar-refractivity contribution in [2.24, 2.45) is 11.7 Å². The molecule has 0 aliphatic rings. The summed E-state index contributed by atoms with van der Waals surface area (Å²) < 4.78 is 0. The molecule has 0 aromatic heterocycles. The van der Waals surface area contributed by atoms with E-state index in [1.54, 1.807) is 0 Å². The van der Waals surface area contributed by atoms with Gasteiger partial charge in [0.25, 0.3) is 0 Å². The Hall–Kier alpha value is -1.08. The molecule has 0 radical (unpaired) electrons. The van der Waals surface area contributed by atoms with Crippen molar-refractivity contribution >= 4 is 0 Å². The lowest BCUT2D eigenvalue weighted by Crippen LogP contribution is -2.20. The van der Waals surface area contributed by atoms with Crippen molar-refractivity contribution in [1.82, 2.24) is 0 Å². The average molecular weight is 273 g/mol. The third kappa shape index (κ3) is 6.38. The van der Waals surface area contributed by atoms with Gasteiger partial charge in [0, 0.05) is 6.04 Å². The minimum atomic E-state index is 0.165. The molecule has 1 heteroatoms. The van der Waals surface area contributed by atoms with Crippen molar-refractivity contribution in [3.8, 4) is 0 Å². The maximum absolute atomic E-state index is 6.27. The van der Waals surface area contributed by atoms with Crippen molar-refractivity contribution in [3.63, 3.8) is 0 Å². The van der Waals surface area contributed by atoms with E-state index in [4.69, 9.17) is 5.73 Å². The number of hydrogen-bond donors (Lipinski definition) is 1. The Morgan fingerprint density at radius 1 is 1.15 bits per heavy atom. The molecule has 2 N–H and O–H groups in total. The van der Waals surface area contributed by atoms with Gasteiger partial charge in [-0.3, -0.25) is 0 Å². The van der Waals surface area contributed by atoms with Gasteiger partial charge in [-0.2, -0.15) is 0 Å². The van der Waals surface area contributed by atoms with Gasteiger partial charge in [-0.25, -0.2) is 0 Å². The zero-order chi connectivity index (χ0) is 15.1. The average Bonchev–Trinajstić information content (AvgIpc) is 2.36. The number of hydrogen-bond acceptors (Lipinski definition) is 1. The first-order valence-corrected chi connectivity index (χ1v) is 7.88. The van der Waals surface area contributed by atoms with E-state index in [9.17, 15) is 0 Å². The molecule has 1 aromatic rings. The predicted molar refractivity (Wildman–Crippen MR) is 90.0 cm³/mol. The van der Waals surface area contributed by atoms with E-state index < -0.39 is 0 Å². The molecule has 0 aliphatic heterocycles. The van der Waals surface area contributed by atoms with Crippen molar-refractivity contribution in [3.05, 3.63) is 47.0 Å². The standard InChI is InChI=1S/C19H31N/c1-14(2)6-7-16(4)12-19(20)13-17(5)18-10-8-15(3)9-11-18/h8-12,14,17,19H,6-7,13,20H2,1-5H3. The fourth-order valence-electron chi connectivity index (χ4n) is 2.47. The van der Waals surface area contributed by atoms with E-state index in [0.29, 0.717) is 5.92 Å². The van der Waals surface area contributed by atoms with E-state index >= 15 is 0 Å². The molecule has 20 heavy (non-hydrogen) atoms. The van der Waals surface area contributed by atoms with Crippen molar-refractivity contribution in [1.29, 1.82) is 0 Å². The first-order chi connectivity index (χ1) is 9.38. The number of allylic oxidation sites excluding steroid dienone is 1. The largest absolute Gasteiger partial charge is 0.324 e. The van der Waals surface area contributed by atoms with Crippen LogP contribution in [0.3, 0.4) is 0 Å². The summed E-state index contributed by atoms with van der Waals surface area (Å²) in [7, 11) is 0. The Bertz CT molecular complexity index is 414. The Labute approximate surface area is 125 Å². The van der Waals surface area contributed by atoms with Gasteiger partial charge in [0.15, 0.2) is 0 Å². The number of rotatable bonds is 7. The van der Waals surface area contributed by atoms with Crippen LogP contribution in [0.15, 0.2) is 35.9 Å². The van der Waals surface area contributed by atoms with E-state index in [2.05, 4.69) is 65.0 Å². The molecule has 2 atom stereocenters. The van der Waals surface area contributed by atoms with Crippen LogP contribution in [-0.2, 0) is 0 Å². The summed E-state index contributed by atoms with van der Waals surface area (Å²) in [6.45, 7) is 11.1. The number of benzene rings is 1. The van der Waals surface area contributed by atoms with Crippen LogP contribution in [0.25, 0.3) is 0 Å². The third-order valence-corrected chi connectivity index (χ3v) is 3.89. The quantitative estimate of drug-likeness (QED) is 0.679. The lowest BCUT2D eigenvalue weighted by Gasteiger charge is -2.16. The highest BCUT2D eigenvalue weighted by Crippen LogP contribution is 2.21. The third-order valence-electron chi connectivity index (χ3n) is 3.89. The zero-order valence-electron chi connectivity index (χ0n) is 13.8. The lowest BCUT2D eigenvalue weighted by atomic mass is 9.92. The molecule has 0 fully saturated rings. The van der Waals surface area contributed by atoms with Gasteiger partial charge in [0.05, 0.1) is 0 Å². The molecule has 0 heterocycles. The Morgan fingerprint density at radius 2 is 1.75 bits per heavy atom. The molecule has 0 aliphatic carbocycles. The Balaban J connectivity index is 2.50. The highest BCUT2D eigenvalue weighted by atomic mass is 14.6. The smallest absolute Gasteiger partial charge is 0.0231 e. The van der Waals surface area contributed by atoms with Crippen molar-refractivity contribution in [2.75, 3.05) is 0 Å². The molecule has 0 amide bonds. The first-order valence-electron chi connectivity index (χ1n) is 7.88. The first kappa shape index (κ1) is 17.0. The highest BCUT2D eigenvalue weighted by Gasteiger charge is 2.09. The number of nitrogens with two attached hydrogens (primary N) is 1. The van der Waals surface area contributed by atoms with Crippen LogP contribution in [0.1, 0.15) is 64.0 Å². The summed E-state index contributed by atoms with van der Waals surface area (Å²) >= 11 is 0. The van der Waals surface area contributed by atoms with Gasteiger partial charge < -0.3 is 5.73 Å². The van der Waals surface area contributed by atoms with Gasteiger partial charge in [-0.15, -0.1) is 0 Å². The van der Waals surface area contributed by atoms with Crippen LogP contribution in [-0.4, -0.2) is 6.04 Å². The topological polar surface area (TPSA) is 26.0 Å². The maximum Gasteiger partial charge on any atom is 0.0231 e. The normalized spacial score (nSPS) is 15.4. The molecule has 1 nitrogen and oxygen atoms in total. The monoisotopic (exact) mass is 273 g/mol. The molecule has 1 rings (SSSR count). The summed E-state index contributed by atoms with van der Waals surface area (Å²) in [6, 6.07) is 8.98. The van der Waals surface area contributed by atoms with Gasteiger partial charge in [-0.1, -0.05) is 62.2 Å². The fraction of sp³-hybridized carbons (Fsp3) is 0.579. The van der Waals surface area contributed by atoms with Gasteiger partial charge >= 0.3 is 0 Å². The predicted octanol–water partition coefficient (Wildman–Crippen LogP) is 5.20. The van der Waals surface area contributed by atoms with Crippen LogP contribution in [0.5, 0.6) is 0 Å². The SMILES string of the molecule is CC(=CC(N)CC(C)c1ccc(C)cc1)CCC(C)C. The van der Waals surface area contributed by atoms with Gasteiger partial charge in [0.1, 0.15) is 0 Å². The Kier molecular flexibility index (Phi) is 7.01. The van der Waals surface area contributed by atoms with Crippen LogP contribution in [0.2, 0.25) is 0 Å². The molecular formula is C19H31N.